The first-order valence-electron chi connectivity index (χ1n) is 6.04. The molecule has 0 saturated heterocycles. The Bertz CT molecular complexity index is 409. The van der Waals surface area contributed by atoms with E-state index in [1.54, 1.807) is 0 Å². The van der Waals surface area contributed by atoms with Crippen molar-refractivity contribution in [2.75, 3.05) is 6.54 Å². The Hall–Kier alpha value is -0.610. The van der Waals surface area contributed by atoms with Crippen LogP contribution >= 0.6 is 15.9 Å². The van der Waals surface area contributed by atoms with Crippen molar-refractivity contribution in [1.82, 2.24) is 5.32 Å². The molecule has 0 radical (unpaired) electrons. The summed E-state index contributed by atoms with van der Waals surface area (Å²) in [5.74, 6) is 0.354. The lowest BCUT2D eigenvalue weighted by Gasteiger charge is -2.19. The highest BCUT2D eigenvalue weighted by atomic mass is 79.9. The first-order chi connectivity index (χ1) is 8.15. The van der Waals surface area contributed by atoms with Crippen LogP contribution in [0.2, 0.25) is 0 Å². The van der Waals surface area contributed by atoms with Crippen molar-refractivity contribution in [3.63, 3.8) is 0 Å². The van der Waals surface area contributed by atoms with Crippen LogP contribution in [0, 0.1) is 5.82 Å². The maximum atomic E-state index is 13.2. The van der Waals surface area contributed by atoms with Crippen molar-refractivity contribution >= 4 is 15.9 Å². The molecule has 0 aliphatic heterocycles. The Balaban J connectivity index is 1.64. The molecule has 0 unspecified atom stereocenters. The van der Waals surface area contributed by atoms with Crippen LogP contribution in [-0.4, -0.2) is 18.2 Å². The molecule has 0 atom stereocenters. The Labute approximate surface area is 109 Å². The molecule has 92 valence electrons. The molecule has 1 N–H and O–H groups in total. The molecular formula is C13H15BrFNO. The van der Waals surface area contributed by atoms with Gasteiger partial charge in [0.15, 0.2) is 0 Å². The molecule has 4 heteroatoms. The van der Waals surface area contributed by atoms with Crippen molar-refractivity contribution in [2.24, 2.45) is 0 Å². The van der Waals surface area contributed by atoms with E-state index in [4.69, 9.17) is 4.74 Å². The number of nitrogens with one attached hydrogen (secondary N) is 1. The predicted octanol–water partition coefficient (Wildman–Crippen LogP) is 3.25. The van der Waals surface area contributed by atoms with Crippen LogP contribution in [0.3, 0.4) is 0 Å². The molecule has 0 aromatic heterocycles. The van der Waals surface area contributed by atoms with Crippen LogP contribution in [0.1, 0.15) is 25.7 Å². The number of hydrogen-bond donors (Lipinski definition) is 1. The first-order valence-corrected chi connectivity index (χ1v) is 6.83. The third-order valence-electron chi connectivity index (χ3n) is 3.27. The smallest absolute Gasteiger partial charge is 0.128 e. The van der Waals surface area contributed by atoms with Gasteiger partial charge in [-0.25, -0.2) is 4.39 Å². The molecule has 2 saturated carbocycles. The molecule has 0 spiro atoms. The van der Waals surface area contributed by atoms with Gasteiger partial charge in [-0.15, -0.1) is 0 Å². The molecule has 2 aliphatic rings. The van der Waals surface area contributed by atoms with Gasteiger partial charge in [0.05, 0.1) is 0 Å². The van der Waals surface area contributed by atoms with E-state index in [1.165, 1.54) is 25.0 Å². The average Bonchev–Trinajstić information content (AvgIpc) is 3.09. The van der Waals surface area contributed by atoms with E-state index in [-0.39, 0.29) is 11.4 Å². The monoisotopic (exact) mass is 299 g/mol. The maximum absolute atomic E-state index is 13.2. The van der Waals surface area contributed by atoms with Crippen LogP contribution in [0.5, 0.6) is 5.75 Å². The number of benzene rings is 1. The van der Waals surface area contributed by atoms with Gasteiger partial charge in [-0.1, -0.05) is 15.9 Å². The van der Waals surface area contributed by atoms with Gasteiger partial charge in [0, 0.05) is 23.1 Å². The molecule has 0 heterocycles. The fourth-order valence-corrected chi connectivity index (χ4v) is 2.35. The minimum absolute atomic E-state index is 0.0875. The second kappa shape index (κ2) is 4.25. The van der Waals surface area contributed by atoms with Crippen molar-refractivity contribution < 1.29 is 9.13 Å². The molecule has 2 fully saturated rings. The highest BCUT2D eigenvalue weighted by molar-refractivity contribution is 9.10. The van der Waals surface area contributed by atoms with Gasteiger partial charge in [0.1, 0.15) is 17.2 Å². The van der Waals surface area contributed by atoms with Crippen LogP contribution in [0.25, 0.3) is 0 Å². The van der Waals surface area contributed by atoms with E-state index in [1.807, 2.05) is 6.07 Å². The summed E-state index contributed by atoms with van der Waals surface area (Å²) in [6.07, 6.45) is 4.67. The summed E-state index contributed by atoms with van der Waals surface area (Å²) in [6, 6.07) is 5.40. The van der Waals surface area contributed by atoms with E-state index in [0.29, 0.717) is 11.8 Å². The van der Waals surface area contributed by atoms with Crippen LogP contribution in [0.15, 0.2) is 22.7 Å². The molecule has 2 nitrogen and oxygen atoms in total. The summed E-state index contributed by atoms with van der Waals surface area (Å²) in [4.78, 5) is 0. The van der Waals surface area contributed by atoms with E-state index < -0.39 is 0 Å². The lowest BCUT2D eigenvalue weighted by Crippen LogP contribution is -2.34. The van der Waals surface area contributed by atoms with Gasteiger partial charge < -0.3 is 10.1 Å². The molecular weight excluding hydrogens is 285 g/mol. The minimum atomic E-state index is -0.264. The summed E-state index contributed by atoms with van der Waals surface area (Å²) < 4.78 is 19.9. The van der Waals surface area contributed by atoms with Gasteiger partial charge in [0.25, 0.3) is 0 Å². The van der Waals surface area contributed by atoms with E-state index in [2.05, 4.69) is 21.2 Å². The average molecular weight is 300 g/mol. The molecule has 1 aromatic rings. The van der Waals surface area contributed by atoms with Crippen molar-refractivity contribution in [1.29, 1.82) is 0 Å². The Kier molecular flexibility index (Phi) is 2.87. The molecule has 17 heavy (non-hydrogen) atoms. The number of ether oxygens (including phenoxy) is 1. The van der Waals surface area contributed by atoms with Gasteiger partial charge in [-0.3, -0.25) is 0 Å². The third kappa shape index (κ3) is 2.99. The van der Waals surface area contributed by atoms with Gasteiger partial charge >= 0.3 is 0 Å². The highest BCUT2D eigenvalue weighted by Crippen LogP contribution is 2.41. The number of rotatable bonds is 5. The largest absolute Gasteiger partial charge is 0.486 e. The van der Waals surface area contributed by atoms with Crippen LogP contribution in [0.4, 0.5) is 4.39 Å². The standard InChI is InChI=1S/C13H15BrFNO/c14-9-5-10(15)7-12(6-9)17-13(3-4-13)8-16-11-1-2-11/h5-7,11,16H,1-4,8H2. The second-order valence-corrected chi connectivity index (χ2v) is 5.96. The highest BCUT2D eigenvalue weighted by Gasteiger charge is 2.46. The zero-order valence-corrected chi connectivity index (χ0v) is 11.1. The summed E-state index contributed by atoms with van der Waals surface area (Å²) in [6.45, 7) is 0.881. The fraction of sp³-hybridized carbons (Fsp3) is 0.538. The lowest BCUT2D eigenvalue weighted by atomic mass is 10.3. The Morgan fingerprint density at radius 1 is 1.35 bits per heavy atom. The molecule has 0 amide bonds. The van der Waals surface area contributed by atoms with E-state index in [0.717, 1.165) is 23.9 Å². The van der Waals surface area contributed by atoms with E-state index in [9.17, 15) is 4.39 Å². The van der Waals surface area contributed by atoms with Crippen molar-refractivity contribution in [3.05, 3.63) is 28.5 Å². The summed E-state index contributed by atoms with van der Waals surface area (Å²) in [5, 5.41) is 3.48. The zero-order chi connectivity index (χ0) is 11.9. The minimum Gasteiger partial charge on any atom is -0.486 e. The fourth-order valence-electron chi connectivity index (χ4n) is 1.91. The summed E-state index contributed by atoms with van der Waals surface area (Å²) in [7, 11) is 0. The predicted molar refractivity (Wildman–Crippen MR) is 67.7 cm³/mol. The Morgan fingerprint density at radius 2 is 2.12 bits per heavy atom. The van der Waals surface area contributed by atoms with Crippen LogP contribution in [-0.2, 0) is 0 Å². The maximum Gasteiger partial charge on any atom is 0.128 e. The van der Waals surface area contributed by atoms with Crippen LogP contribution < -0.4 is 10.1 Å². The van der Waals surface area contributed by atoms with Gasteiger partial charge in [-0.2, -0.15) is 0 Å². The third-order valence-corrected chi connectivity index (χ3v) is 3.73. The number of hydrogen-bond acceptors (Lipinski definition) is 2. The van der Waals surface area contributed by atoms with Crippen molar-refractivity contribution in [2.45, 2.75) is 37.3 Å². The molecule has 1 aromatic carbocycles. The topological polar surface area (TPSA) is 21.3 Å². The van der Waals surface area contributed by atoms with Gasteiger partial charge in [0.2, 0.25) is 0 Å². The summed E-state index contributed by atoms with van der Waals surface area (Å²) in [5.41, 5.74) is -0.0875. The van der Waals surface area contributed by atoms with Crippen molar-refractivity contribution in [3.8, 4) is 5.75 Å². The molecule has 2 aliphatic carbocycles. The quantitative estimate of drug-likeness (QED) is 0.901. The SMILES string of the molecule is Fc1cc(Br)cc(OC2(CNC3CC3)CC2)c1. The normalized spacial score (nSPS) is 21.3. The lowest BCUT2D eigenvalue weighted by molar-refractivity contribution is 0.174. The zero-order valence-electron chi connectivity index (χ0n) is 9.51. The number of halogens is 2. The molecule has 3 rings (SSSR count). The second-order valence-electron chi connectivity index (χ2n) is 5.05. The Morgan fingerprint density at radius 3 is 2.71 bits per heavy atom. The first kappa shape index (κ1) is 11.5. The van der Waals surface area contributed by atoms with Gasteiger partial charge in [-0.05, 0) is 37.8 Å². The summed E-state index contributed by atoms with van der Waals surface area (Å²) >= 11 is 3.28. The van der Waals surface area contributed by atoms with E-state index >= 15 is 0 Å². The molecule has 0 bridgehead atoms.